The molecule has 6 nitrogen and oxygen atoms in total. The van der Waals surface area contributed by atoms with E-state index >= 15 is 0 Å². The monoisotopic (exact) mass is 420 g/mol. The van der Waals surface area contributed by atoms with Crippen LogP contribution in [0, 0.1) is 5.41 Å². The lowest BCUT2D eigenvalue weighted by atomic mass is 9.79. The van der Waals surface area contributed by atoms with Gasteiger partial charge in [0, 0.05) is 30.7 Å². The average Bonchev–Trinajstić information content (AvgIpc) is 3.54. The number of nitrogens with one attached hydrogen (secondary N) is 2. The van der Waals surface area contributed by atoms with Crippen LogP contribution in [0.5, 0.6) is 0 Å². The van der Waals surface area contributed by atoms with Gasteiger partial charge in [0.15, 0.2) is 0 Å². The molecular formula is C23H24N4O2S. The lowest BCUT2D eigenvalue weighted by Gasteiger charge is -2.28. The minimum atomic E-state index is -0.674. The number of likely N-dealkylation sites (tertiary alicyclic amines) is 1. The number of amides is 2. The second kappa shape index (κ2) is 8.67. The predicted octanol–water partition coefficient (Wildman–Crippen LogP) is 3.52. The largest absolute Gasteiger partial charge is 0.352 e. The molecule has 2 aromatic heterocycles. The second-order valence-corrected chi connectivity index (χ2v) is 8.53. The Hall–Kier alpha value is -3.19. The summed E-state index contributed by atoms with van der Waals surface area (Å²) < 4.78 is 0. The van der Waals surface area contributed by atoms with Crippen LogP contribution in [0.3, 0.4) is 0 Å². The highest BCUT2D eigenvalue weighted by Crippen LogP contribution is 2.36. The van der Waals surface area contributed by atoms with Crippen molar-refractivity contribution in [3.05, 3.63) is 78.0 Å². The van der Waals surface area contributed by atoms with Gasteiger partial charge in [-0.3, -0.25) is 14.7 Å². The second-order valence-electron chi connectivity index (χ2n) is 7.58. The summed E-state index contributed by atoms with van der Waals surface area (Å²) in [6, 6.07) is 14.1. The van der Waals surface area contributed by atoms with Crippen molar-refractivity contribution in [1.29, 1.82) is 0 Å². The minimum absolute atomic E-state index is 0.0381. The smallest absolute Gasteiger partial charge is 0.271 e. The van der Waals surface area contributed by atoms with E-state index in [9.17, 15) is 9.59 Å². The Balaban J connectivity index is 1.59. The van der Waals surface area contributed by atoms with Gasteiger partial charge < -0.3 is 10.2 Å². The fourth-order valence-corrected chi connectivity index (χ4v) is 4.75. The Labute approximate surface area is 179 Å². The summed E-state index contributed by atoms with van der Waals surface area (Å²) in [5.74, 6) is -0.165. The molecule has 7 heteroatoms. The molecule has 0 saturated carbocycles. The van der Waals surface area contributed by atoms with Gasteiger partial charge in [0.05, 0.1) is 5.41 Å². The molecule has 30 heavy (non-hydrogen) atoms. The van der Waals surface area contributed by atoms with Gasteiger partial charge in [0.1, 0.15) is 5.69 Å². The molecule has 3 heterocycles. The molecule has 1 aliphatic heterocycles. The average molecular weight is 421 g/mol. The van der Waals surface area contributed by atoms with E-state index in [4.69, 9.17) is 0 Å². The molecular weight excluding hydrogens is 396 g/mol. The van der Waals surface area contributed by atoms with Crippen LogP contribution < -0.4 is 5.32 Å². The highest BCUT2D eigenvalue weighted by atomic mass is 32.1. The normalized spacial score (nSPS) is 18.3. The third-order valence-electron chi connectivity index (χ3n) is 5.54. The zero-order chi connectivity index (χ0) is 21.0. The van der Waals surface area contributed by atoms with Gasteiger partial charge in [-0.15, -0.1) is 17.9 Å². The Bertz CT molecular complexity index is 1030. The van der Waals surface area contributed by atoms with Crippen molar-refractivity contribution >= 4 is 23.2 Å². The van der Waals surface area contributed by atoms with Crippen molar-refractivity contribution in [1.82, 2.24) is 20.4 Å². The van der Waals surface area contributed by atoms with Crippen molar-refractivity contribution in [2.75, 3.05) is 19.6 Å². The Kier molecular flexibility index (Phi) is 5.81. The number of hydrogen-bond donors (Lipinski definition) is 2. The SMILES string of the molecule is C=CCNC(=O)[C@@]1(Cc2cccc(-c3cccs3)c2)CCN(C(=O)c2ccn[nH]2)C1. The van der Waals surface area contributed by atoms with Crippen molar-refractivity contribution in [3.63, 3.8) is 0 Å². The molecule has 1 aromatic carbocycles. The summed E-state index contributed by atoms with van der Waals surface area (Å²) in [5, 5.41) is 11.6. The van der Waals surface area contributed by atoms with Crippen LogP contribution in [0.25, 0.3) is 10.4 Å². The summed E-state index contributed by atoms with van der Waals surface area (Å²) in [6.07, 6.45) is 4.41. The molecule has 1 saturated heterocycles. The zero-order valence-electron chi connectivity index (χ0n) is 16.6. The van der Waals surface area contributed by atoms with E-state index in [0.29, 0.717) is 38.2 Å². The predicted molar refractivity (Wildman–Crippen MR) is 118 cm³/mol. The maximum Gasteiger partial charge on any atom is 0.271 e. The molecule has 3 aromatic rings. The first-order chi connectivity index (χ1) is 14.6. The first-order valence-corrected chi connectivity index (χ1v) is 10.8. The van der Waals surface area contributed by atoms with Crippen molar-refractivity contribution < 1.29 is 9.59 Å². The molecule has 1 aliphatic rings. The minimum Gasteiger partial charge on any atom is -0.352 e. The molecule has 2 N–H and O–H groups in total. The van der Waals surface area contributed by atoms with Gasteiger partial charge in [-0.2, -0.15) is 5.10 Å². The van der Waals surface area contributed by atoms with Gasteiger partial charge in [0.2, 0.25) is 5.91 Å². The number of nitrogens with zero attached hydrogens (tertiary/aromatic N) is 2. The van der Waals surface area contributed by atoms with Crippen molar-refractivity contribution in [3.8, 4) is 10.4 Å². The number of aromatic amines is 1. The van der Waals surface area contributed by atoms with Crippen LogP contribution in [0.15, 0.2) is 66.7 Å². The standard InChI is InChI=1S/C23H24N4O2S/c1-2-10-24-22(29)23(9-12-27(16-23)21(28)19-8-11-25-26-19)15-17-5-3-6-18(14-17)20-7-4-13-30-20/h2-8,11,13-14H,1,9-10,12,15-16H2,(H,24,29)(H,25,26)/t23-/m1/s1. The molecule has 4 rings (SSSR count). The molecule has 1 atom stereocenters. The first-order valence-electron chi connectivity index (χ1n) is 9.92. The lowest BCUT2D eigenvalue weighted by Crippen LogP contribution is -2.45. The third-order valence-corrected chi connectivity index (χ3v) is 6.45. The van der Waals surface area contributed by atoms with E-state index in [-0.39, 0.29) is 11.8 Å². The highest BCUT2D eigenvalue weighted by molar-refractivity contribution is 7.13. The Morgan fingerprint density at radius 2 is 2.20 bits per heavy atom. The fraction of sp³-hybridized carbons (Fsp3) is 0.261. The highest BCUT2D eigenvalue weighted by Gasteiger charge is 2.46. The maximum absolute atomic E-state index is 13.2. The van der Waals surface area contributed by atoms with E-state index in [1.807, 2.05) is 12.1 Å². The Morgan fingerprint density at radius 3 is 2.93 bits per heavy atom. The molecule has 0 radical (unpaired) electrons. The number of carbonyl (C=O) groups is 2. The van der Waals surface area contributed by atoms with E-state index < -0.39 is 5.41 Å². The number of rotatable bonds is 7. The number of aromatic nitrogens is 2. The van der Waals surface area contributed by atoms with Gasteiger partial charge in [0.25, 0.3) is 5.91 Å². The van der Waals surface area contributed by atoms with E-state index in [2.05, 4.69) is 51.7 Å². The summed E-state index contributed by atoms with van der Waals surface area (Å²) >= 11 is 1.69. The Morgan fingerprint density at radius 1 is 1.30 bits per heavy atom. The zero-order valence-corrected chi connectivity index (χ0v) is 17.5. The van der Waals surface area contributed by atoms with Crippen molar-refractivity contribution in [2.45, 2.75) is 12.8 Å². The maximum atomic E-state index is 13.2. The van der Waals surface area contributed by atoms with Gasteiger partial charge in [-0.1, -0.05) is 36.4 Å². The molecule has 0 unspecified atom stereocenters. The van der Waals surface area contributed by atoms with Crippen LogP contribution in [-0.2, 0) is 11.2 Å². The lowest BCUT2D eigenvalue weighted by molar-refractivity contribution is -0.130. The molecule has 0 spiro atoms. The fourth-order valence-electron chi connectivity index (χ4n) is 4.02. The number of benzene rings is 1. The van der Waals surface area contributed by atoms with Gasteiger partial charge in [-0.05, 0) is 41.5 Å². The van der Waals surface area contributed by atoms with Crippen LogP contribution in [0.2, 0.25) is 0 Å². The van der Waals surface area contributed by atoms with E-state index in [0.717, 1.165) is 11.1 Å². The van der Waals surface area contributed by atoms with Gasteiger partial charge >= 0.3 is 0 Å². The number of thiophene rings is 1. The van der Waals surface area contributed by atoms with E-state index in [1.165, 1.54) is 4.88 Å². The van der Waals surface area contributed by atoms with Crippen LogP contribution in [0.4, 0.5) is 0 Å². The van der Waals surface area contributed by atoms with Crippen LogP contribution >= 0.6 is 11.3 Å². The number of H-pyrrole nitrogens is 1. The molecule has 1 fully saturated rings. The first kappa shape index (κ1) is 20.1. The number of hydrogen-bond acceptors (Lipinski definition) is 4. The number of carbonyl (C=O) groups excluding carboxylic acids is 2. The topological polar surface area (TPSA) is 78.1 Å². The quantitative estimate of drug-likeness (QED) is 0.574. The van der Waals surface area contributed by atoms with Crippen LogP contribution in [-0.4, -0.2) is 46.5 Å². The molecule has 0 aliphatic carbocycles. The molecule has 2 amide bonds. The van der Waals surface area contributed by atoms with Crippen LogP contribution in [0.1, 0.15) is 22.5 Å². The van der Waals surface area contributed by atoms with E-state index in [1.54, 1.807) is 34.6 Å². The molecule has 154 valence electrons. The van der Waals surface area contributed by atoms with Crippen molar-refractivity contribution in [2.24, 2.45) is 5.41 Å². The summed E-state index contributed by atoms with van der Waals surface area (Å²) in [5.41, 5.74) is 2.00. The third kappa shape index (κ3) is 4.07. The summed E-state index contributed by atoms with van der Waals surface area (Å²) in [6.45, 7) is 5.00. The summed E-state index contributed by atoms with van der Waals surface area (Å²) in [7, 11) is 0. The molecule has 0 bridgehead atoms. The summed E-state index contributed by atoms with van der Waals surface area (Å²) in [4.78, 5) is 28.9. The van der Waals surface area contributed by atoms with Gasteiger partial charge in [-0.25, -0.2) is 0 Å².